The standard InChI is InChI=1S/C16H15F2N3O4S/c1-23-11-5-4-10-14(13(11)17)20-16(21(10)18)26(22)8-9-15(25-3)12(24-2)6-7-19-9/h4-7H,8H2,1-3H3. The van der Waals surface area contributed by atoms with Crippen molar-refractivity contribution in [3.8, 4) is 17.2 Å². The van der Waals surface area contributed by atoms with E-state index < -0.39 is 22.1 Å². The lowest BCUT2D eigenvalue weighted by Crippen LogP contribution is -2.12. The highest BCUT2D eigenvalue weighted by molar-refractivity contribution is 7.90. The third kappa shape index (κ3) is 3.01. The number of imidazole rings is 1. The van der Waals surface area contributed by atoms with E-state index in [1.54, 1.807) is 6.07 Å². The van der Waals surface area contributed by atoms with Crippen molar-refractivity contribution in [2.75, 3.05) is 21.3 Å². The first kappa shape index (κ1) is 18.2. The van der Waals surface area contributed by atoms with Gasteiger partial charge in [0.25, 0.3) is 0 Å². The van der Waals surface area contributed by atoms with Crippen LogP contribution in [-0.2, 0) is 16.9 Å². The number of methoxy groups -OCH3 is 3. The average molecular weight is 383 g/mol. The summed E-state index contributed by atoms with van der Waals surface area (Å²) < 4.78 is 56.6. The lowest BCUT2D eigenvalue weighted by atomic mass is 10.3. The monoisotopic (exact) mass is 383 g/mol. The van der Waals surface area contributed by atoms with Crippen LogP contribution in [-0.4, -0.2) is 40.6 Å². The molecule has 0 spiro atoms. The van der Waals surface area contributed by atoms with Crippen molar-refractivity contribution in [2.24, 2.45) is 0 Å². The highest BCUT2D eigenvalue weighted by Gasteiger charge is 2.28. The summed E-state index contributed by atoms with van der Waals surface area (Å²) >= 11 is -1.95. The Labute approximate surface area is 150 Å². The Hall–Kier alpha value is -2.59. The molecule has 10 heteroatoms. The second-order valence-electron chi connectivity index (χ2n) is 5.11. The van der Waals surface area contributed by atoms with Gasteiger partial charge in [0.05, 0.1) is 21.3 Å². The van der Waals surface area contributed by atoms with Crippen molar-refractivity contribution >= 4 is 22.2 Å². The van der Waals surface area contributed by atoms with Gasteiger partial charge in [-0.3, -0.25) is 4.98 Å². The summed E-state index contributed by atoms with van der Waals surface area (Å²) in [6.07, 6.45) is 1.46. The molecular formula is C16H15F2N3O4S. The van der Waals surface area contributed by atoms with Crippen LogP contribution in [0.25, 0.3) is 11.0 Å². The van der Waals surface area contributed by atoms with Crippen LogP contribution in [0.4, 0.5) is 8.87 Å². The van der Waals surface area contributed by atoms with Gasteiger partial charge in [-0.15, -0.1) is 4.79 Å². The van der Waals surface area contributed by atoms with Gasteiger partial charge in [0.15, 0.2) is 28.8 Å². The van der Waals surface area contributed by atoms with E-state index in [2.05, 4.69) is 9.97 Å². The average Bonchev–Trinajstić information content (AvgIpc) is 2.99. The van der Waals surface area contributed by atoms with Gasteiger partial charge in [-0.05, 0) is 12.1 Å². The van der Waals surface area contributed by atoms with E-state index in [-0.39, 0.29) is 33.1 Å². The van der Waals surface area contributed by atoms with Crippen molar-refractivity contribution in [3.63, 3.8) is 0 Å². The van der Waals surface area contributed by atoms with Crippen LogP contribution in [0.5, 0.6) is 17.2 Å². The molecule has 1 aromatic carbocycles. The van der Waals surface area contributed by atoms with Gasteiger partial charge in [-0.1, -0.05) is 4.48 Å². The predicted molar refractivity (Wildman–Crippen MR) is 90.2 cm³/mol. The van der Waals surface area contributed by atoms with Crippen LogP contribution in [0, 0.1) is 5.82 Å². The number of fused-ring (bicyclic) bond motifs is 1. The van der Waals surface area contributed by atoms with Crippen LogP contribution in [0.15, 0.2) is 29.6 Å². The fourth-order valence-corrected chi connectivity index (χ4v) is 3.54. The van der Waals surface area contributed by atoms with Gasteiger partial charge in [-0.2, -0.15) is 4.98 Å². The van der Waals surface area contributed by atoms with Crippen molar-refractivity contribution < 1.29 is 27.6 Å². The molecule has 1 atom stereocenters. The number of hydrogen-bond donors (Lipinski definition) is 0. The van der Waals surface area contributed by atoms with Crippen LogP contribution in [0.1, 0.15) is 5.69 Å². The van der Waals surface area contributed by atoms with Gasteiger partial charge < -0.3 is 18.8 Å². The SMILES string of the molecule is COc1ccnc(C[S+]([O-])c2nc3c(F)c(OC)ccc3n2F)c1OC. The van der Waals surface area contributed by atoms with Crippen molar-refractivity contribution in [1.29, 1.82) is 0 Å². The molecule has 0 aliphatic heterocycles. The lowest BCUT2D eigenvalue weighted by molar-refractivity contribution is 0.339. The maximum Gasteiger partial charge on any atom is 0.353 e. The number of aromatic nitrogens is 3. The number of rotatable bonds is 6. The van der Waals surface area contributed by atoms with E-state index in [1.165, 1.54) is 39.7 Å². The Bertz CT molecular complexity index is 951. The largest absolute Gasteiger partial charge is 0.609 e. The van der Waals surface area contributed by atoms with Crippen molar-refractivity contribution in [2.45, 2.75) is 10.9 Å². The van der Waals surface area contributed by atoms with Gasteiger partial charge in [0, 0.05) is 23.4 Å². The molecule has 0 radical (unpaired) electrons. The zero-order chi connectivity index (χ0) is 18.8. The van der Waals surface area contributed by atoms with Crippen molar-refractivity contribution in [3.05, 3.63) is 35.9 Å². The summed E-state index contributed by atoms with van der Waals surface area (Å²) in [6, 6.07) is 4.15. The first-order valence-corrected chi connectivity index (χ1v) is 8.69. The number of ether oxygens (including phenoxy) is 3. The normalized spacial score (nSPS) is 12.2. The zero-order valence-electron chi connectivity index (χ0n) is 14.2. The van der Waals surface area contributed by atoms with Gasteiger partial charge >= 0.3 is 5.16 Å². The first-order chi connectivity index (χ1) is 12.5. The summed E-state index contributed by atoms with van der Waals surface area (Å²) in [5.74, 6) is -0.399. The topological polar surface area (TPSA) is 81.5 Å². The lowest BCUT2D eigenvalue weighted by Gasteiger charge is -2.12. The molecular weight excluding hydrogens is 368 g/mol. The van der Waals surface area contributed by atoms with E-state index in [0.29, 0.717) is 11.4 Å². The first-order valence-electron chi connectivity index (χ1n) is 7.37. The Morgan fingerprint density at radius 1 is 1.12 bits per heavy atom. The molecule has 0 fully saturated rings. The van der Waals surface area contributed by atoms with E-state index >= 15 is 0 Å². The summed E-state index contributed by atoms with van der Waals surface area (Å²) in [5, 5.41) is -0.432. The molecule has 0 N–H and O–H groups in total. The molecule has 0 aliphatic carbocycles. The minimum atomic E-state index is -1.95. The Morgan fingerprint density at radius 3 is 2.50 bits per heavy atom. The molecule has 0 bridgehead atoms. The Balaban J connectivity index is 2.00. The molecule has 7 nitrogen and oxygen atoms in total. The number of hydrogen-bond acceptors (Lipinski definition) is 6. The maximum absolute atomic E-state index is 14.5. The summed E-state index contributed by atoms with van der Waals surface area (Å²) in [7, 11) is 4.16. The molecule has 0 aliphatic rings. The van der Waals surface area contributed by atoms with Crippen LogP contribution >= 0.6 is 0 Å². The number of halogens is 2. The summed E-state index contributed by atoms with van der Waals surface area (Å²) in [6.45, 7) is 0. The number of benzene rings is 1. The third-order valence-electron chi connectivity index (χ3n) is 3.70. The molecule has 0 saturated heterocycles. The van der Waals surface area contributed by atoms with Crippen LogP contribution in [0.3, 0.4) is 0 Å². The molecule has 0 amide bonds. The highest BCUT2D eigenvalue weighted by atomic mass is 32.2. The van der Waals surface area contributed by atoms with Crippen LogP contribution in [0.2, 0.25) is 0 Å². The Kier molecular flexibility index (Phi) is 5.14. The quantitative estimate of drug-likeness (QED) is 0.609. The van der Waals surface area contributed by atoms with Gasteiger partial charge in [0.1, 0.15) is 16.7 Å². The fourth-order valence-electron chi connectivity index (χ4n) is 2.48. The molecule has 0 saturated carbocycles. The minimum absolute atomic E-state index is 0.0796. The van der Waals surface area contributed by atoms with Gasteiger partial charge in [-0.25, -0.2) is 4.39 Å². The summed E-state index contributed by atoms with van der Waals surface area (Å²) in [4.78, 5) is 8.05. The smallest absolute Gasteiger partial charge is 0.353 e. The second-order valence-corrected chi connectivity index (χ2v) is 6.45. The maximum atomic E-state index is 14.5. The second kappa shape index (κ2) is 7.34. The van der Waals surface area contributed by atoms with E-state index in [4.69, 9.17) is 14.2 Å². The summed E-state index contributed by atoms with van der Waals surface area (Å²) in [5.41, 5.74) is -0.103. The van der Waals surface area contributed by atoms with Crippen molar-refractivity contribution in [1.82, 2.24) is 14.8 Å². The molecule has 3 rings (SSSR count). The predicted octanol–water partition coefficient (Wildman–Crippen LogP) is 2.64. The minimum Gasteiger partial charge on any atom is -0.609 e. The van der Waals surface area contributed by atoms with E-state index in [0.717, 1.165) is 0 Å². The molecule has 26 heavy (non-hydrogen) atoms. The van der Waals surface area contributed by atoms with E-state index in [1.807, 2.05) is 0 Å². The molecule has 2 heterocycles. The molecule has 138 valence electrons. The Morgan fingerprint density at radius 2 is 1.85 bits per heavy atom. The van der Waals surface area contributed by atoms with Crippen LogP contribution < -0.4 is 14.2 Å². The zero-order valence-corrected chi connectivity index (χ0v) is 15.0. The third-order valence-corrected chi connectivity index (χ3v) is 4.90. The molecule has 1 unspecified atom stereocenters. The van der Waals surface area contributed by atoms with Gasteiger partial charge in [0.2, 0.25) is 0 Å². The fraction of sp³-hybridized carbons (Fsp3) is 0.250. The number of pyridine rings is 1. The van der Waals surface area contributed by atoms with E-state index in [9.17, 15) is 13.4 Å². The number of nitrogens with zero attached hydrogens (tertiary/aromatic N) is 3. The highest BCUT2D eigenvalue weighted by Crippen LogP contribution is 2.33. The molecule has 2 aromatic heterocycles. The molecule has 3 aromatic rings.